The highest BCUT2D eigenvalue weighted by molar-refractivity contribution is 9.10. The molecule has 0 amide bonds. The number of rotatable bonds is 3. The summed E-state index contributed by atoms with van der Waals surface area (Å²) in [7, 11) is 0. The van der Waals surface area contributed by atoms with Crippen molar-refractivity contribution in [2.75, 3.05) is 5.32 Å². The topological polar surface area (TPSA) is 12.0 Å². The standard InChI is InChI=1S/C14H10BrClF3N/c15-13-7-11(16)4-1-9(13)8-20-12-5-2-10(3-6-12)14(17,18)19/h1-7,20H,8H2. The average molecular weight is 365 g/mol. The number of halogens is 5. The van der Waals surface area contributed by atoms with Gasteiger partial charge in [-0.2, -0.15) is 13.2 Å². The molecule has 0 fully saturated rings. The Morgan fingerprint density at radius 1 is 1.05 bits per heavy atom. The van der Waals surface area contributed by atoms with Crippen molar-refractivity contribution in [3.63, 3.8) is 0 Å². The van der Waals surface area contributed by atoms with E-state index in [1.165, 1.54) is 12.1 Å². The van der Waals surface area contributed by atoms with Gasteiger partial charge in [0.15, 0.2) is 0 Å². The molecule has 1 N–H and O–H groups in total. The van der Waals surface area contributed by atoms with E-state index in [9.17, 15) is 13.2 Å². The smallest absolute Gasteiger partial charge is 0.381 e. The molecule has 0 aliphatic heterocycles. The van der Waals surface area contributed by atoms with E-state index < -0.39 is 11.7 Å². The Hall–Kier alpha value is -1.20. The maximum Gasteiger partial charge on any atom is 0.416 e. The number of anilines is 1. The number of nitrogens with one attached hydrogen (secondary N) is 1. The van der Waals surface area contributed by atoms with E-state index in [2.05, 4.69) is 21.2 Å². The zero-order valence-corrected chi connectivity index (χ0v) is 12.5. The fourth-order valence-electron chi connectivity index (χ4n) is 1.64. The SMILES string of the molecule is FC(F)(F)c1ccc(NCc2ccc(Cl)cc2Br)cc1. The van der Waals surface area contributed by atoms with Gasteiger partial charge in [-0.1, -0.05) is 33.6 Å². The minimum Gasteiger partial charge on any atom is -0.381 e. The second kappa shape index (κ2) is 6.06. The number of hydrogen-bond donors (Lipinski definition) is 1. The largest absolute Gasteiger partial charge is 0.416 e. The van der Waals surface area contributed by atoms with Crippen LogP contribution in [0.15, 0.2) is 46.9 Å². The molecular formula is C14H10BrClF3N. The van der Waals surface area contributed by atoms with Crippen LogP contribution in [0.2, 0.25) is 5.02 Å². The maximum atomic E-state index is 12.4. The second-order valence-corrected chi connectivity index (χ2v) is 5.46. The molecule has 0 spiro atoms. The first-order valence-corrected chi connectivity index (χ1v) is 6.88. The molecule has 106 valence electrons. The summed E-state index contributed by atoms with van der Waals surface area (Å²) in [6.45, 7) is 0.489. The fraction of sp³-hybridized carbons (Fsp3) is 0.143. The van der Waals surface area contributed by atoms with E-state index in [-0.39, 0.29) is 0 Å². The van der Waals surface area contributed by atoms with E-state index in [0.717, 1.165) is 22.2 Å². The molecule has 0 radical (unpaired) electrons. The summed E-state index contributed by atoms with van der Waals surface area (Å²) >= 11 is 9.22. The van der Waals surface area contributed by atoms with Crippen LogP contribution >= 0.6 is 27.5 Å². The van der Waals surface area contributed by atoms with E-state index >= 15 is 0 Å². The molecule has 0 atom stereocenters. The Bertz CT molecular complexity index is 596. The van der Waals surface area contributed by atoms with Gasteiger partial charge < -0.3 is 5.32 Å². The third kappa shape index (κ3) is 3.90. The predicted octanol–water partition coefficient (Wildman–Crippen LogP) is 5.73. The molecule has 0 saturated heterocycles. The van der Waals surface area contributed by atoms with Crippen LogP contribution in [0, 0.1) is 0 Å². The summed E-state index contributed by atoms with van der Waals surface area (Å²) in [5.41, 5.74) is 0.935. The summed E-state index contributed by atoms with van der Waals surface area (Å²) in [6.07, 6.45) is -4.31. The first kappa shape index (κ1) is 15.2. The van der Waals surface area contributed by atoms with Crippen LogP contribution in [-0.2, 0) is 12.7 Å². The van der Waals surface area contributed by atoms with Crippen LogP contribution in [0.25, 0.3) is 0 Å². The zero-order chi connectivity index (χ0) is 14.8. The first-order chi connectivity index (χ1) is 9.36. The van der Waals surface area contributed by atoms with Gasteiger partial charge in [0.1, 0.15) is 0 Å². The van der Waals surface area contributed by atoms with Gasteiger partial charge in [-0.3, -0.25) is 0 Å². The van der Waals surface area contributed by atoms with Gasteiger partial charge in [-0.15, -0.1) is 0 Å². The normalized spacial score (nSPS) is 11.4. The first-order valence-electron chi connectivity index (χ1n) is 5.71. The van der Waals surface area contributed by atoms with Crippen molar-refractivity contribution in [2.24, 2.45) is 0 Å². The Balaban J connectivity index is 2.04. The Labute approximate surface area is 127 Å². The minimum atomic E-state index is -4.31. The van der Waals surface area contributed by atoms with E-state index in [1.807, 2.05) is 6.07 Å². The van der Waals surface area contributed by atoms with Gasteiger partial charge in [-0.05, 0) is 42.0 Å². The highest BCUT2D eigenvalue weighted by Gasteiger charge is 2.29. The highest BCUT2D eigenvalue weighted by atomic mass is 79.9. The van der Waals surface area contributed by atoms with E-state index in [4.69, 9.17) is 11.6 Å². The van der Waals surface area contributed by atoms with E-state index in [1.54, 1.807) is 12.1 Å². The van der Waals surface area contributed by atoms with Crippen LogP contribution < -0.4 is 5.32 Å². The Morgan fingerprint density at radius 2 is 1.70 bits per heavy atom. The Kier molecular flexibility index (Phi) is 4.60. The molecule has 2 aromatic carbocycles. The predicted molar refractivity (Wildman–Crippen MR) is 77.9 cm³/mol. The molecule has 6 heteroatoms. The number of benzene rings is 2. The van der Waals surface area contributed by atoms with Gasteiger partial charge in [0.05, 0.1) is 5.56 Å². The second-order valence-electron chi connectivity index (χ2n) is 4.16. The highest BCUT2D eigenvalue weighted by Crippen LogP contribution is 2.30. The molecule has 2 aromatic rings. The van der Waals surface area contributed by atoms with Gasteiger partial charge in [0.25, 0.3) is 0 Å². The molecule has 0 aromatic heterocycles. The average Bonchev–Trinajstić information content (AvgIpc) is 2.37. The molecule has 0 aliphatic carbocycles. The summed E-state index contributed by atoms with van der Waals surface area (Å²) in [6, 6.07) is 10.3. The van der Waals surface area contributed by atoms with Crippen LogP contribution in [0.1, 0.15) is 11.1 Å². The minimum absolute atomic E-state index is 0.489. The van der Waals surface area contributed by atoms with Crippen LogP contribution in [0.5, 0.6) is 0 Å². The van der Waals surface area contributed by atoms with Gasteiger partial charge in [-0.25, -0.2) is 0 Å². The lowest BCUT2D eigenvalue weighted by atomic mass is 10.2. The van der Waals surface area contributed by atoms with Crippen molar-refractivity contribution in [1.29, 1.82) is 0 Å². The molecule has 0 aliphatic rings. The summed E-state index contributed by atoms with van der Waals surface area (Å²) in [5.74, 6) is 0. The van der Waals surface area contributed by atoms with Crippen molar-refractivity contribution in [3.8, 4) is 0 Å². The van der Waals surface area contributed by atoms with Crippen LogP contribution in [0.3, 0.4) is 0 Å². The monoisotopic (exact) mass is 363 g/mol. The number of alkyl halides is 3. The molecule has 2 rings (SSSR count). The van der Waals surface area contributed by atoms with Crippen LogP contribution in [-0.4, -0.2) is 0 Å². The molecule has 0 saturated carbocycles. The van der Waals surface area contributed by atoms with Crippen molar-refractivity contribution in [1.82, 2.24) is 0 Å². The number of hydrogen-bond acceptors (Lipinski definition) is 1. The molecule has 0 heterocycles. The maximum absolute atomic E-state index is 12.4. The quantitative estimate of drug-likeness (QED) is 0.733. The molecule has 0 bridgehead atoms. The van der Waals surface area contributed by atoms with Crippen LogP contribution in [0.4, 0.5) is 18.9 Å². The third-order valence-corrected chi connectivity index (χ3v) is 3.68. The molecule has 0 unspecified atom stereocenters. The van der Waals surface area contributed by atoms with Gasteiger partial charge >= 0.3 is 6.18 Å². The van der Waals surface area contributed by atoms with Crippen molar-refractivity contribution in [3.05, 3.63) is 63.1 Å². The lowest BCUT2D eigenvalue weighted by Crippen LogP contribution is -2.05. The van der Waals surface area contributed by atoms with Crippen molar-refractivity contribution < 1.29 is 13.2 Å². The van der Waals surface area contributed by atoms with Crippen molar-refractivity contribution in [2.45, 2.75) is 12.7 Å². The van der Waals surface area contributed by atoms with Crippen molar-refractivity contribution >= 4 is 33.2 Å². The lowest BCUT2D eigenvalue weighted by Gasteiger charge is -2.10. The molecule has 20 heavy (non-hydrogen) atoms. The van der Waals surface area contributed by atoms with E-state index in [0.29, 0.717) is 17.3 Å². The third-order valence-electron chi connectivity index (χ3n) is 2.71. The summed E-state index contributed by atoms with van der Waals surface area (Å²) in [5, 5.41) is 3.68. The molecular weight excluding hydrogens is 355 g/mol. The summed E-state index contributed by atoms with van der Waals surface area (Å²) < 4.78 is 38.1. The zero-order valence-electron chi connectivity index (χ0n) is 10.1. The summed E-state index contributed by atoms with van der Waals surface area (Å²) in [4.78, 5) is 0. The van der Waals surface area contributed by atoms with Gasteiger partial charge in [0, 0.05) is 21.7 Å². The Morgan fingerprint density at radius 3 is 2.25 bits per heavy atom. The van der Waals surface area contributed by atoms with Gasteiger partial charge in [0.2, 0.25) is 0 Å². The fourth-order valence-corrected chi connectivity index (χ4v) is 2.46. The lowest BCUT2D eigenvalue weighted by molar-refractivity contribution is -0.137. The molecule has 1 nitrogen and oxygen atoms in total.